The first-order chi connectivity index (χ1) is 3.89. The van der Waals surface area contributed by atoms with E-state index in [2.05, 4.69) is 24.4 Å². The summed E-state index contributed by atoms with van der Waals surface area (Å²) in [6.45, 7) is 6.10. The van der Waals surface area contributed by atoms with Gasteiger partial charge < -0.3 is 0 Å². The Morgan fingerprint density at radius 2 is 2.00 bits per heavy atom. The molecule has 0 aliphatic rings. The summed E-state index contributed by atoms with van der Waals surface area (Å²) in [5.41, 5.74) is 0. The molecule has 1 heterocycles. The van der Waals surface area contributed by atoms with E-state index in [1.54, 1.807) is 11.3 Å². The van der Waals surface area contributed by atoms with Gasteiger partial charge in [0.15, 0.2) is 0 Å². The minimum Gasteiger partial charge on any atom is -0.149 e. The van der Waals surface area contributed by atoms with E-state index in [9.17, 15) is 0 Å². The van der Waals surface area contributed by atoms with Gasteiger partial charge in [0, 0.05) is 4.88 Å². The molecule has 0 spiro atoms. The summed E-state index contributed by atoms with van der Waals surface area (Å²) < 4.78 is 0. The Morgan fingerprint density at radius 1 is 1.38 bits per heavy atom. The summed E-state index contributed by atoms with van der Waals surface area (Å²) in [7, 11) is 0. The average Bonchev–Trinajstić information content (AvgIpc) is 2.24. The Labute approximate surface area is 55.2 Å². The summed E-state index contributed by atoms with van der Waals surface area (Å²) in [5, 5.41) is 2.08. The predicted octanol–water partition coefficient (Wildman–Crippen LogP) is 3.08. The molecule has 0 N–H and O–H groups in total. The maximum absolute atomic E-state index is 2.10. The second-order valence-corrected chi connectivity index (χ2v) is 2.38. The molecule has 0 unspecified atom stereocenters. The Kier molecular flexibility index (Phi) is 4.67. The first-order valence-electron chi connectivity index (χ1n) is 2.90. The van der Waals surface area contributed by atoms with Crippen molar-refractivity contribution >= 4 is 11.3 Å². The third-order valence-corrected chi connectivity index (χ3v) is 1.46. The van der Waals surface area contributed by atoms with E-state index in [0.717, 1.165) is 0 Å². The second-order valence-electron chi connectivity index (χ2n) is 1.22. The highest BCUT2D eigenvalue weighted by atomic mass is 32.1. The Hall–Kier alpha value is -0.300. The third-order valence-electron chi connectivity index (χ3n) is 0.663. The zero-order chi connectivity index (χ0) is 6.41. The summed E-state index contributed by atoms with van der Waals surface area (Å²) in [4.78, 5) is 1.38. The summed E-state index contributed by atoms with van der Waals surface area (Å²) in [6.07, 6.45) is 0. The van der Waals surface area contributed by atoms with Crippen LogP contribution in [-0.2, 0) is 0 Å². The largest absolute Gasteiger partial charge is 0.149 e. The van der Waals surface area contributed by atoms with Crippen LogP contribution in [0.5, 0.6) is 0 Å². The lowest BCUT2D eigenvalue weighted by atomic mass is 10.5. The Balaban J connectivity index is 0.000000222. The van der Waals surface area contributed by atoms with E-state index in [-0.39, 0.29) is 0 Å². The molecule has 1 aromatic rings. The number of thiophene rings is 1. The van der Waals surface area contributed by atoms with Gasteiger partial charge in [-0.05, 0) is 18.4 Å². The minimum absolute atomic E-state index is 1.38. The molecule has 0 nitrogen and oxygen atoms in total. The van der Waals surface area contributed by atoms with Gasteiger partial charge in [-0.1, -0.05) is 19.9 Å². The van der Waals surface area contributed by atoms with Crippen LogP contribution in [0.15, 0.2) is 17.5 Å². The fourth-order valence-corrected chi connectivity index (χ4v) is 0.890. The number of aryl methyl sites for hydroxylation is 1. The van der Waals surface area contributed by atoms with Gasteiger partial charge in [0.2, 0.25) is 0 Å². The van der Waals surface area contributed by atoms with Crippen LogP contribution < -0.4 is 0 Å². The number of rotatable bonds is 0. The van der Waals surface area contributed by atoms with Crippen molar-refractivity contribution in [2.75, 3.05) is 0 Å². The van der Waals surface area contributed by atoms with Crippen LogP contribution >= 0.6 is 11.3 Å². The molecule has 0 aromatic carbocycles. The van der Waals surface area contributed by atoms with E-state index in [1.807, 2.05) is 13.8 Å². The SMILES string of the molecule is CC.Cc1cccs1. The normalized spacial score (nSPS) is 7.38. The minimum atomic E-state index is 1.38. The fraction of sp³-hybridized carbons (Fsp3) is 0.429. The molecule has 0 fully saturated rings. The second kappa shape index (κ2) is 4.85. The average molecular weight is 128 g/mol. The van der Waals surface area contributed by atoms with Crippen LogP contribution in [0, 0.1) is 6.92 Å². The topological polar surface area (TPSA) is 0 Å². The van der Waals surface area contributed by atoms with Gasteiger partial charge in [-0.25, -0.2) is 0 Å². The van der Waals surface area contributed by atoms with Gasteiger partial charge in [0.25, 0.3) is 0 Å². The predicted molar refractivity (Wildman–Crippen MR) is 40.4 cm³/mol. The van der Waals surface area contributed by atoms with Gasteiger partial charge in [0.05, 0.1) is 0 Å². The third kappa shape index (κ3) is 2.80. The molecule has 0 saturated carbocycles. The van der Waals surface area contributed by atoms with Crippen molar-refractivity contribution in [1.82, 2.24) is 0 Å². The maximum Gasteiger partial charge on any atom is 0.00141 e. The molecular weight excluding hydrogens is 116 g/mol. The number of hydrogen-bond donors (Lipinski definition) is 0. The highest BCUT2D eigenvalue weighted by molar-refractivity contribution is 7.09. The molecule has 0 aliphatic carbocycles. The van der Waals surface area contributed by atoms with Crippen molar-refractivity contribution in [2.45, 2.75) is 20.8 Å². The molecule has 0 amide bonds. The lowest BCUT2D eigenvalue weighted by Gasteiger charge is -1.65. The molecule has 1 aromatic heterocycles. The molecule has 0 atom stereocenters. The molecule has 46 valence electrons. The molecule has 1 rings (SSSR count). The standard InChI is InChI=1S/C5H6S.C2H6/c1-5-3-2-4-6-5;1-2/h2-4H,1H3;1-2H3. The summed E-state index contributed by atoms with van der Waals surface area (Å²) in [6, 6.07) is 4.16. The molecule has 8 heavy (non-hydrogen) atoms. The molecule has 0 saturated heterocycles. The smallest absolute Gasteiger partial charge is 0.00141 e. The zero-order valence-corrected chi connectivity index (χ0v) is 6.46. The Bertz CT molecular complexity index is 108. The van der Waals surface area contributed by atoms with Gasteiger partial charge in [-0.15, -0.1) is 11.3 Å². The van der Waals surface area contributed by atoms with Crippen molar-refractivity contribution in [1.29, 1.82) is 0 Å². The maximum atomic E-state index is 2.10. The van der Waals surface area contributed by atoms with Crippen LogP contribution in [0.3, 0.4) is 0 Å². The van der Waals surface area contributed by atoms with Gasteiger partial charge in [0.1, 0.15) is 0 Å². The van der Waals surface area contributed by atoms with Crippen molar-refractivity contribution in [2.24, 2.45) is 0 Å². The highest BCUT2D eigenvalue weighted by Gasteiger charge is 1.74. The van der Waals surface area contributed by atoms with E-state index < -0.39 is 0 Å². The van der Waals surface area contributed by atoms with Crippen molar-refractivity contribution < 1.29 is 0 Å². The first kappa shape index (κ1) is 7.70. The van der Waals surface area contributed by atoms with Crippen molar-refractivity contribution in [3.63, 3.8) is 0 Å². The van der Waals surface area contributed by atoms with Crippen LogP contribution in [0.1, 0.15) is 18.7 Å². The van der Waals surface area contributed by atoms with Gasteiger partial charge in [-0.2, -0.15) is 0 Å². The summed E-state index contributed by atoms with van der Waals surface area (Å²) >= 11 is 1.78. The van der Waals surface area contributed by atoms with Crippen molar-refractivity contribution in [3.8, 4) is 0 Å². The highest BCUT2D eigenvalue weighted by Crippen LogP contribution is 2.03. The fourth-order valence-electron chi connectivity index (χ4n) is 0.361. The van der Waals surface area contributed by atoms with Gasteiger partial charge >= 0.3 is 0 Å². The lowest BCUT2D eigenvalue weighted by Crippen LogP contribution is -1.42. The van der Waals surface area contributed by atoms with Crippen molar-refractivity contribution in [3.05, 3.63) is 22.4 Å². The van der Waals surface area contributed by atoms with Gasteiger partial charge in [-0.3, -0.25) is 0 Å². The molecule has 0 bridgehead atoms. The Morgan fingerprint density at radius 3 is 2.12 bits per heavy atom. The number of hydrogen-bond acceptors (Lipinski definition) is 1. The van der Waals surface area contributed by atoms with Crippen LogP contribution in [0.4, 0.5) is 0 Å². The monoisotopic (exact) mass is 128 g/mol. The molecule has 0 aliphatic heterocycles. The van der Waals surface area contributed by atoms with E-state index in [4.69, 9.17) is 0 Å². The van der Waals surface area contributed by atoms with Crippen LogP contribution in [0.2, 0.25) is 0 Å². The van der Waals surface area contributed by atoms with E-state index >= 15 is 0 Å². The molecule has 1 heteroatoms. The van der Waals surface area contributed by atoms with E-state index in [1.165, 1.54) is 4.88 Å². The van der Waals surface area contributed by atoms with Crippen LogP contribution in [0.25, 0.3) is 0 Å². The summed E-state index contributed by atoms with van der Waals surface area (Å²) in [5.74, 6) is 0. The van der Waals surface area contributed by atoms with Crippen LogP contribution in [-0.4, -0.2) is 0 Å². The lowest BCUT2D eigenvalue weighted by molar-refractivity contribution is 1.50. The zero-order valence-electron chi connectivity index (χ0n) is 5.64. The molecular formula is C7H12S. The first-order valence-corrected chi connectivity index (χ1v) is 3.77. The quantitative estimate of drug-likeness (QED) is 0.503. The van der Waals surface area contributed by atoms with E-state index in [0.29, 0.717) is 0 Å². The molecule has 0 radical (unpaired) electrons.